The molecule has 0 radical (unpaired) electrons. The smallest absolute Gasteiger partial charge is 0.134 e. The summed E-state index contributed by atoms with van der Waals surface area (Å²) in [7, 11) is 0. The van der Waals surface area contributed by atoms with Crippen molar-refractivity contribution in [3.05, 3.63) is 48.5 Å². The van der Waals surface area contributed by atoms with E-state index in [1.54, 1.807) is 26.2 Å². The Morgan fingerprint density at radius 2 is 1.86 bits per heavy atom. The van der Waals surface area contributed by atoms with Gasteiger partial charge in [-0.2, -0.15) is 0 Å². The number of hydrogen-bond acceptors (Lipinski definition) is 5. The fourth-order valence-corrected chi connectivity index (χ4v) is 2.19. The molecule has 0 unspecified atom stereocenters. The van der Waals surface area contributed by atoms with Crippen LogP contribution in [0.3, 0.4) is 0 Å². The Bertz CT molecular complexity index is 809. The standard InChI is InChI=1S/C16H16N4O/c1-16(2,21)12-5-11(7-18-8-12)10-3-4-14-13(6-10)15(17)20-9-19-14/h3-9,21H,1-2H3,(H2,17,19,20). The number of hydrogen-bond donors (Lipinski definition) is 2. The van der Waals surface area contributed by atoms with Crippen molar-refractivity contribution < 1.29 is 5.11 Å². The molecule has 3 N–H and O–H groups in total. The molecular weight excluding hydrogens is 264 g/mol. The lowest BCUT2D eigenvalue weighted by molar-refractivity contribution is 0.0783. The molecule has 0 spiro atoms. The molecule has 5 heteroatoms. The van der Waals surface area contributed by atoms with E-state index in [0.29, 0.717) is 5.82 Å². The molecule has 5 nitrogen and oxygen atoms in total. The number of nitrogens with zero attached hydrogens (tertiary/aromatic N) is 3. The molecule has 21 heavy (non-hydrogen) atoms. The average Bonchev–Trinajstić information content (AvgIpc) is 2.47. The van der Waals surface area contributed by atoms with Gasteiger partial charge in [0.05, 0.1) is 11.1 Å². The number of benzene rings is 1. The van der Waals surface area contributed by atoms with Gasteiger partial charge in [-0.1, -0.05) is 6.07 Å². The highest BCUT2D eigenvalue weighted by molar-refractivity contribution is 5.91. The minimum atomic E-state index is -0.929. The van der Waals surface area contributed by atoms with Gasteiger partial charge in [0, 0.05) is 28.9 Å². The fourth-order valence-electron chi connectivity index (χ4n) is 2.19. The molecule has 106 valence electrons. The molecule has 2 aromatic heterocycles. The molecule has 0 bridgehead atoms. The van der Waals surface area contributed by atoms with Crippen molar-refractivity contribution in [2.24, 2.45) is 0 Å². The van der Waals surface area contributed by atoms with E-state index in [9.17, 15) is 5.11 Å². The van der Waals surface area contributed by atoms with Crippen molar-refractivity contribution in [1.82, 2.24) is 15.0 Å². The highest BCUT2D eigenvalue weighted by atomic mass is 16.3. The second-order valence-electron chi connectivity index (χ2n) is 5.51. The van der Waals surface area contributed by atoms with Gasteiger partial charge in [0.25, 0.3) is 0 Å². The van der Waals surface area contributed by atoms with E-state index in [1.807, 2.05) is 24.3 Å². The SMILES string of the molecule is CC(C)(O)c1cncc(-c2ccc3ncnc(N)c3c2)c1. The van der Waals surface area contributed by atoms with Gasteiger partial charge in [-0.15, -0.1) is 0 Å². The first-order valence-corrected chi connectivity index (χ1v) is 6.64. The van der Waals surface area contributed by atoms with Gasteiger partial charge in [0.1, 0.15) is 12.1 Å². The lowest BCUT2D eigenvalue weighted by Crippen LogP contribution is -2.15. The Labute approximate surface area is 122 Å². The van der Waals surface area contributed by atoms with Gasteiger partial charge in [-0.05, 0) is 37.6 Å². The number of aromatic nitrogens is 3. The van der Waals surface area contributed by atoms with Crippen LogP contribution in [0, 0.1) is 0 Å². The average molecular weight is 280 g/mol. The van der Waals surface area contributed by atoms with Crippen molar-refractivity contribution >= 4 is 16.7 Å². The summed E-state index contributed by atoms with van der Waals surface area (Å²) in [5, 5.41) is 10.9. The topological polar surface area (TPSA) is 84.9 Å². The predicted octanol–water partition coefficient (Wildman–Crippen LogP) is 2.50. The quantitative estimate of drug-likeness (QED) is 0.753. The summed E-state index contributed by atoms with van der Waals surface area (Å²) >= 11 is 0. The maximum atomic E-state index is 10.1. The molecule has 3 aromatic rings. The van der Waals surface area contributed by atoms with Gasteiger partial charge in [-0.3, -0.25) is 4.98 Å². The number of aliphatic hydroxyl groups is 1. The van der Waals surface area contributed by atoms with E-state index in [2.05, 4.69) is 15.0 Å². The van der Waals surface area contributed by atoms with Gasteiger partial charge in [-0.25, -0.2) is 9.97 Å². The highest BCUT2D eigenvalue weighted by Gasteiger charge is 2.17. The number of pyridine rings is 1. The number of fused-ring (bicyclic) bond motifs is 1. The lowest BCUT2D eigenvalue weighted by atomic mass is 9.96. The zero-order chi connectivity index (χ0) is 15.0. The van der Waals surface area contributed by atoms with Crippen LogP contribution in [0.2, 0.25) is 0 Å². The zero-order valence-electron chi connectivity index (χ0n) is 11.9. The summed E-state index contributed by atoms with van der Waals surface area (Å²) in [6.07, 6.45) is 4.88. The van der Waals surface area contributed by atoms with Crippen LogP contribution in [0.1, 0.15) is 19.4 Å². The van der Waals surface area contributed by atoms with Crippen molar-refractivity contribution in [2.45, 2.75) is 19.4 Å². The zero-order valence-corrected chi connectivity index (χ0v) is 11.9. The summed E-state index contributed by atoms with van der Waals surface area (Å²) < 4.78 is 0. The Kier molecular flexibility index (Phi) is 3.07. The lowest BCUT2D eigenvalue weighted by Gasteiger charge is -2.18. The van der Waals surface area contributed by atoms with E-state index in [4.69, 9.17) is 5.73 Å². The third-order valence-corrected chi connectivity index (χ3v) is 3.44. The van der Waals surface area contributed by atoms with Gasteiger partial charge >= 0.3 is 0 Å². The Morgan fingerprint density at radius 3 is 2.62 bits per heavy atom. The summed E-state index contributed by atoms with van der Waals surface area (Å²) in [6.45, 7) is 3.47. The molecule has 0 fully saturated rings. The van der Waals surface area contributed by atoms with E-state index < -0.39 is 5.60 Å². The Morgan fingerprint density at radius 1 is 1.05 bits per heavy atom. The first-order valence-electron chi connectivity index (χ1n) is 6.64. The number of nitrogens with two attached hydrogens (primary N) is 1. The minimum Gasteiger partial charge on any atom is -0.386 e. The number of rotatable bonds is 2. The fraction of sp³-hybridized carbons (Fsp3) is 0.188. The van der Waals surface area contributed by atoms with E-state index in [-0.39, 0.29) is 0 Å². The normalized spacial score (nSPS) is 11.8. The van der Waals surface area contributed by atoms with Crippen LogP contribution < -0.4 is 5.73 Å². The summed E-state index contributed by atoms with van der Waals surface area (Å²) in [4.78, 5) is 12.4. The Hall–Kier alpha value is -2.53. The third-order valence-electron chi connectivity index (χ3n) is 3.44. The third kappa shape index (κ3) is 2.55. The first-order chi connectivity index (χ1) is 9.95. The second kappa shape index (κ2) is 4.79. The molecule has 0 saturated carbocycles. The van der Waals surface area contributed by atoms with Crippen LogP contribution in [0.15, 0.2) is 43.0 Å². The summed E-state index contributed by atoms with van der Waals surface area (Å²) in [5.41, 5.74) is 8.41. The van der Waals surface area contributed by atoms with Crippen LogP contribution in [0.4, 0.5) is 5.82 Å². The van der Waals surface area contributed by atoms with Crippen molar-refractivity contribution in [2.75, 3.05) is 5.73 Å². The van der Waals surface area contributed by atoms with Gasteiger partial charge in [0.15, 0.2) is 0 Å². The van der Waals surface area contributed by atoms with Crippen molar-refractivity contribution in [1.29, 1.82) is 0 Å². The predicted molar refractivity (Wildman–Crippen MR) is 82.4 cm³/mol. The van der Waals surface area contributed by atoms with Crippen LogP contribution >= 0.6 is 0 Å². The maximum absolute atomic E-state index is 10.1. The molecule has 3 rings (SSSR count). The van der Waals surface area contributed by atoms with E-state index in [1.165, 1.54) is 6.33 Å². The molecule has 0 aliphatic heterocycles. The van der Waals surface area contributed by atoms with Gasteiger partial charge in [0.2, 0.25) is 0 Å². The van der Waals surface area contributed by atoms with Crippen molar-refractivity contribution in [3.63, 3.8) is 0 Å². The monoisotopic (exact) mass is 280 g/mol. The number of nitrogen functional groups attached to an aromatic ring is 1. The molecule has 0 saturated heterocycles. The van der Waals surface area contributed by atoms with Crippen LogP contribution in [-0.4, -0.2) is 20.1 Å². The molecule has 0 amide bonds. The second-order valence-corrected chi connectivity index (χ2v) is 5.51. The minimum absolute atomic E-state index is 0.452. The summed E-state index contributed by atoms with van der Waals surface area (Å²) in [6, 6.07) is 7.73. The Balaban J connectivity index is 2.15. The molecule has 0 atom stereocenters. The van der Waals surface area contributed by atoms with Gasteiger partial charge < -0.3 is 10.8 Å². The number of anilines is 1. The summed E-state index contributed by atoms with van der Waals surface area (Å²) in [5.74, 6) is 0.452. The van der Waals surface area contributed by atoms with Crippen molar-refractivity contribution in [3.8, 4) is 11.1 Å². The molecule has 0 aliphatic rings. The van der Waals surface area contributed by atoms with Crippen LogP contribution in [0.25, 0.3) is 22.0 Å². The van der Waals surface area contributed by atoms with Crippen LogP contribution in [-0.2, 0) is 5.60 Å². The van der Waals surface area contributed by atoms with E-state index >= 15 is 0 Å². The molecule has 2 heterocycles. The molecule has 1 aromatic carbocycles. The first kappa shape index (κ1) is 13.5. The molecular formula is C16H16N4O. The van der Waals surface area contributed by atoms with E-state index in [0.717, 1.165) is 27.6 Å². The molecule has 0 aliphatic carbocycles. The maximum Gasteiger partial charge on any atom is 0.134 e. The van der Waals surface area contributed by atoms with Crippen LogP contribution in [0.5, 0.6) is 0 Å². The largest absolute Gasteiger partial charge is 0.386 e. The highest BCUT2D eigenvalue weighted by Crippen LogP contribution is 2.28.